The molecule has 234 valence electrons. The maximum Gasteiger partial charge on any atom is 0.407 e. The molecule has 2 N–H and O–H groups in total. The van der Waals surface area contributed by atoms with E-state index in [4.69, 9.17) is 9.47 Å². The SMILES string of the molecule is CC1COc2nc(CO)c(Cc3ccc(F)cc3)cc2N1C(=O)CN1C[C@@H](C)N(C(=O)O)C[C@@H]1CN1C[C@H](C)OC[C@H]1C. The van der Waals surface area contributed by atoms with E-state index in [9.17, 15) is 24.2 Å². The first-order valence-electron chi connectivity index (χ1n) is 15.0. The van der Waals surface area contributed by atoms with Crippen molar-refractivity contribution >= 4 is 17.7 Å². The number of halogens is 1. The first-order valence-corrected chi connectivity index (χ1v) is 15.0. The summed E-state index contributed by atoms with van der Waals surface area (Å²) in [5.41, 5.74) is 2.54. The van der Waals surface area contributed by atoms with E-state index in [1.165, 1.54) is 17.0 Å². The van der Waals surface area contributed by atoms with E-state index in [0.29, 0.717) is 44.0 Å². The summed E-state index contributed by atoms with van der Waals surface area (Å²) >= 11 is 0. The van der Waals surface area contributed by atoms with Crippen molar-refractivity contribution in [2.45, 2.75) is 71.0 Å². The molecule has 0 spiro atoms. The van der Waals surface area contributed by atoms with Gasteiger partial charge in [-0.3, -0.25) is 14.6 Å². The second kappa shape index (κ2) is 13.1. The zero-order valence-corrected chi connectivity index (χ0v) is 25.3. The Bertz CT molecular complexity index is 1310. The molecule has 0 saturated carbocycles. The molecule has 3 aliphatic rings. The molecule has 5 atom stereocenters. The van der Waals surface area contributed by atoms with Crippen molar-refractivity contribution in [2.24, 2.45) is 0 Å². The summed E-state index contributed by atoms with van der Waals surface area (Å²) in [6.45, 7) is 10.7. The summed E-state index contributed by atoms with van der Waals surface area (Å²) in [5, 5.41) is 19.9. The Balaban J connectivity index is 1.40. The summed E-state index contributed by atoms with van der Waals surface area (Å²) in [6.07, 6.45) is -0.475. The van der Waals surface area contributed by atoms with Crippen LogP contribution in [-0.2, 0) is 22.6 Å². The van der Waals surface area contributed by atoms with E-state index < -0.39 is 6.09 Å². The van der Waals surface area contributed by atoms with Gasteiger partial charge >= 0.3 is 6.09 Å². The molecule has 3 aliphatic heterocycles. The van der Waals surface area contributed by atoms with Gasteiger partial charge in [0.2, 0.25) is 11.8 Å². The second-order valence-corrected chi connectivity index (χ2v) is 12.1. The molecule has 5 rings (SSSR count). The van der Waals surface area contributed by atoms with Crippen molar-refractivity contribution in [3.05, 3.63) is 53.0 Å². The van der Waals surface area contributed by atoms with Crippen molar-refractivity contribution in [2.75, 3.05) is 50.8 Å². The zero-order chi connectivity index (χ0) is 30.8. The topological polar surface area (TPSA) is 119 Å². The zero-order valence-electron chi connectivity index (χ0n) is 25.3. The molecule has 12 heteroatoms. The van der Waals surface area contributed by atoms with Crippen LogP contribution in [0, 0.1) is 5.82 Å². The van der Waals surface area contributed by atoms with E-state index in [1.807, 2.05) is 26.8 Å². The van der Waals surface area contributed by atoms with E-state index in [2.05, 4.69) is 21.7 Å². The molecule has 11 nitrogen and oxygen atoms in total. The van der Waals surface area contributed by atoms with Gasteiger partial charge in [-0.05, 0) is 63.4 Å². The number of nitrogens with zero attached hydrogens (tertiary/aromatic N) is 5. The van der Waals surface area contributed by atoms with Gasteiger partial charge in [-0.2, -0.15) is 0 Å². The third-order valence-electron chi connectivity index (χ3n) is 8.75. The number of rotatable bonds is 7. The number of aliphatic hydroxyl groups is 1. The number of hydrogen-bond donors (Lipinski definition) is 2. The highest BCUT2D eigenvalue weighted by atomic mass is 19.1. The molecule has 1 aromatic heterocycles. The average molecular weight is 600 g/mol. The third-order valence-corrected chi connectivity index (χ3v) is 8.75. The molecule has 43 heavy (non-hydrogen) atoms. The van der Waals surface area contributed by atoms with E-state index in [-0.39, 0.29) is 67.6 Å². The normalized spacial score (nSPS) is 26.6. The smallest absolute Gasteiger partial charge is 0.407 e. The van der Waals surface area contributed by atoms with Crippen molar-refractivity contribution in [1.29, 1.82) is 0 Å². The number of piperazine rings is 1. The van der Waals surface area contributed by atoms with Crippen LogP contribution in [0.3, 0.4) is 0 Å². The fourth-order valence-corrected chi connectivity index (χ4v) is 6.33. The first-order chi connectivity index (χ1) is 20.5. The fourth-order valence-electron chi connectivity index (χ4n) is 6.33. The lowest BCUT2D eigenvalue weighted by Gasteiger charge is -2.47. The molecule has 1 unspecified atom stereocenters. The molecule has 2 saturated heterocycles. The number of carbonyl (C=O) groups excluding carboxylic acids is 1. The number of fused-ring (bicyclic) bond motifs is 1. The summed E-state index contributed by atoms with van der Waals surface area (Å²) in [6, 6.07) is 7.46. The Kier molecular flexibility index (Phi) is 9.50. The summed E-state index contributed by atoms with van der Waals surface area (Å²) in [5.74, 6) is -0.175. The second-order valence-electron chi connectivity index (χ2n) is 12.1. The van der Waals surface area contributed by atoms with E-state index >= 15 is 0 Å². The number of benzene rings is 1. The predicted molar refractivity (Wildman–Crippen MR) is 158 cm³/mol. The van der Waals surface area contributed by atoms with Crippen molar-refractivity contribution in [3.8, 4) is 5.88 Å². The summed E-state index contributed by atoms with van der Waals surface area (Å²) in [4.78, 5) is 38.3. The molecule has 0 aliphatic carbocycles. The van der Waals surface area contributed by atoms with Crippen LogP contribution >= 0.6 is 0 Å². The van der Waals surface area contributed by atoms with Gasteiger partial charge in [0.15, 0.2) is 0 Å². The van der Waals surface area contributed by atoms with Crippen LogP contribution in [-0.4, -0.2) is 118 Å². The molecule has 1 aromatic carbocycles. The molecule has 2 amide bonds. The number of aliphatic hydroxyl groups excluding tert-OH is 1. The minimum Gasteiger partial charge on any atom is -0.474 e. The number of anilines is 1. The number of aromatic nitrogens is 1. The Morgan fingerprint density at radius 2 is 1.74 bits per heavy atom. The largest absolute Gasteiger partial charge is 0.474 e. The highest BCUT2D eigenvalue weighted by Crippen LogP contribution is 2.35. The van der Waals surface area contributed by atoms with Crippen LogP contribution < -0.4 is 9.64 Å². The standard InChI is InChI=1S/C31H42FN5O6/c1-19-11-35(26(14-36(19)31(40)41)13-34-12-22(4)42-17-20(34)2)15-29(39)37-21(3)18-43-30-28(37)10-24(27(16-38)33-30)9-23-5-7-25(32)8-6-23/h5-8,10,19-22,26,38H,9,11-18H2,1-4H3,(H,40,41)/t19-,20-,21?,22+,26+/m1/s1. The monoisotopic (exact) mass is 599 g/mol. The Hall–Kier alpha value is -3.32. The quantitative estimate of drug-likeness (QED) is 0.495. The molecular weight excluding hydrogens is 557 g/mol. The summed E-state index contributed by atoms with van der Waals surface area (Å²) in [7, 11) is 0. The minimum absolute atomic E-state index is 0.0792. The number of amides is 2. The molecule has 4 heterocycles. The van der Waals surface area contributed by atoms with Crippen LogP contribution in [0.25, 0.3) is 0 Å². The lowest BCUT2D eigenvalue weighted by molar-refractivity contribution is -0.122. The maximum atomic E-state index is 14.1. The van der Waals surface area contributed by atoms with Gasteiger partial charge < -0.3 is 29.5 Å². The number of pyridine rings is 1. The number of ether oxygens (including phenoxy) is 2. The third kappa shape index (κ3) is 6.93. The maximum absolute atomic E-state index is 14.1. The molecule has 0 radical (unpaired) electrons. The van der Waals surface area contributed by atoms with Gasteiger partial charge in [-0.1, -0.05) is 12.1 Å². The summed E-state index contributed by atoms with van der Waals surface area (Å²) < 4.78 is 25.2. The van der Waals surface area contributed by atoms with Gasteiger partial charge in [-0.15, -0.1) is 0 Å². The predicted octanol–water partition coefficient (Wildman–Crippen LogP) is 2.58. The number of carbonyl (C=O) groups is 2. The van der Waals surface area contributed by atoms with Gasteiger partial charge in [0.25, 0.3) is 0 Å². The fraction of sp³-hybridized carbons (Fsp3) is 0.581. The first kappa shape index (κ1) is 31.1. The highest BCUT2D eigenvalue weighted by Gasteiger charge is 2.40. The Morgan fingerprint density at radius 3 is 2.44 bits per heavy atom. The van der Waals surface area contributed by atoms with Crippen molar-refractivity contribution in [1.82, 2.24) is 19.7 Å². The van der Waals surface area contributed by atoms with Crippen LogP contribution in [0.1, 0.15) is 44.5 Å². The van der Waals surface area contributed by atoms with Crippen LogP contribution in [0.4, 0.5) is 14.9 Å². The molecule has 0 bridgehead atoms. The number of hydrogen-bond acceptors (Lipinski definition) is 8. The van der Waals surface area contributed by atoms with Gasteiger partial charge in [0, 0.05) is 44.3 Å². The molecule has 2 aromatic rings. The minimum atomic E-state index is -0.956. The van der Waals surface area contributed by atoms with Gasteiger partial charge in [0.05, 0.1) is 37.6 Å². The Labute approximate surface area is 251 Å². The van der Waals surface area contributed by atoms with E-state index in [0.717, 1.165) is 17.7 Å². The average Bonchev–Trinajstić information content (AvgIpc) is 2.96. The van der Waals surface area contributed by atoms with Gasteiger partial charge in [-0.25, -0.2) is 14.2 Å². The van der Waals surface area contributed by atoms with Crippen LogP contribution in [0.15, 0.2) is 30.3 Å². The lowest BCUT2D eigenvalue weighted by atomic mass is 10.0. The lowest BCUT2D eigenvalue weighted by Crippen LogP contribution is -2.64. The molecule has 2 fully saturated rings. The van der Waals surface area contributed by atoms with Gasteiger partial charge in [0.1, 0.15) is 18.1 Å². The van der Waals surface area contributed by atoms with Crippen LogP contribution in [0.5, 0.6) is 5.88 Å². The van der Waals surface area contributed by atoms with E-state index in [1.54, 1.807) is 17.0 Å². The van der Waals surface area contributed by atoms with Crippen LogP contribution in [0.2, 0.25) is 0 Å². The number of morpholine rings is 1. The van der Waals surface area contributed by atoms with Crippen molar-refractivity contribution < 1.29 is 33.7 Å². The highest BCUT2D eigenvalue weighted by molar-refractivity contribution is 5.97. The Morgan fingerprint density at radius 1 is 1.00 bits per heavy atom. The molecular formula is C31H42FN5O6. The number of carboxylic acid groups (broad SMARTS) is 1. The van der Waals surface area contributed by atoms with Crippen molar-refractivity contribution in [3.63, 3.8) is 0 Å².